The molecule has 1 unspecified atom stereocenters. The van der Waals surface area contributed by atoms with Crippen LogP contribution in [0.25, 0.3) is 0 Å². The van der Waals surface area contributed by atoms with Crippen molar-refractivity contribution in [1.29, 1.82) is 0 Å². The molecule has 0 bridgehead atoms. The van der Waals surface area contributed by atoms with Crippen molar-refractivity contribution in [2.45, 2.75) is 431 Å². The molecule has 0 radical (unpaired) electrons. The van der Waals surface area contributed by atoms with Gasteiger partial charge in [0.1, 0.15) is 13.2 Å². The quantitative estimate of drug-likeness (QED) is 0.0261. The monoisotopic (exact) mass is 1150 g/mol. The van der Waals surface area contributed by atoms with Crippen LogP contribution >= 0.6 is 0 Å². The van der Waals surface area contributed by atoms with Gasteiger partial charge in [-0.3, -0.25) is 14.4 Å². The van der Waals surface area contributed by atoms with Crippen molar-refractivity contribution < 1.29 is 28.6 Å². The molecule has 0 saturated heterocycles. The van der Waals surface area contributed by atoms with Gasteiger partial charge in [-0.15, -0.1) is 0 Å². The van der Waals surface area contributed by atoms with Crippen LogP contribution in [0.2, 0.25) is 0 Å². The highest BCUT2D eigenvalue weighted by Crippen LogP contribution is 2.19. The lowest BCUT2D eigenvalue weighted by Crippen LogP contribution is -2.30. The van der Waals surface area contributed by atoms with Crippen LogP contribution in [0.5, 0.6) is 0 Å². The summed E-state index contributed by atoms with van der Waals surface area (Å²) in [4.78, 5) is 38.3. The Hall–Kier alpha value is -2.11. The van der Waals surface area contributed by atoms with E-state index in [4.69, 9.17) is 14.2 Å². The fourth-order valence-electron chi connectivity index (χ4n) is 11.6. The Morgan fingerprint density at radius 2 is 0.439 bits per heavy atom. The number of carbonyl (C=O) groups is 3. The van der Waals surface area contributed by atoms with Crippen molar-refractivity contribution in [3.05, 3.63) is 24.3 Å². The molecule has 0 aromatic carbocycles. The van der Waals surface area contributed by atoms with Crippen molar-refractivity contribution in [1.82, 2.24) is 0 Å². The van der Waals surface area contributed by atoms with E-state index < -0.39 is 6.10 Å². The molecule has 0 aliphatic rings. The summed E-state index contributed by atoms with van der Waals surface area (Å²) in [5.41, 5.74) is 0. The molecule has 0 aliphatic heterocycles. The van der Waals surface area contributed by atoms with E-state index in [1.165, 1.54) is 321 Å². The molecule has 0 N–H and O–H groups in total. The second-order valence-corrected chi connectivity index (χ2v) is 25.6. The molecule has 0 saturated carbocycles. The van der Waals surface area contributed by atoms with Gasteiger partial charge in [-0.05, 0) is 51.4 Å². The Bertz CT molecular complexity index is 1320. The molecule has 484 valence electrons. The van der Waals surface area contributed by atoms with Crippen molar-refractivity contribution >= 4 is 17.9 Å². The minimum absolute atomic E-state index is 0.0668. The van der Waals surface area contributed by atoms with Gasteiger partial charge >= 0.3 is 17.9 Å². The number of rotatable bonds is 70. The number of carbonyl (C=O) groups excluding carboxylic acids is 3. The molecule has 6 heteroatoms. The highest BCUT2D eigenvalue weighted by molar-refractivity contribution is 5.71. The van der Waals surface area contributed by atoms with Crippen molar-refractivity contribution in [2.75, 3.05) is 13.2 Å². The Kier molecular flexibility index (Phi) is 69.5. The number of allylic oxidation sites excluding steroid dienone is 4. The van der Waals surface area contributed by atoms with Crippen molar-refractivity contribution in [3.8, 4) is 0 Å². The molecular weight excluding hydrogens is 1010 g/mol. The number of unbranched alkanes of at least 4 members (excludes halogenated alkanes) is 55. The third kappa shape index (κ3) is 68.7. The van der Waals surface area contributed by atoms with Crippen LogP contribution in [0.3, 0.4) is 0 Å². The first-order valence-electron chi connectivity index (χ1n) is 37.3. The standard InChI is InChI=1S/C76H144O6/c1-4-7-10-13-16-19-22-24-26-28-30-31-32-33-34-35-36-37-38-39-40-41-42-43-44-45-47-48-50-52-54-57-60-63-66-69-75(78)81-72-73(71-80-74(77)68-65-62-59-56-21-18-15-12-9-6-3)82-76(79)70-67-64-61-58-55-53-51-49-46-29-27-25-23-20-17-14-11-8-5-2/h17,20,25,27,73H,4-16,18-19,21-24,26,28-72H2,1-3H3/b20-17-,27-25-. The van der Waals surface area contributed by atoms with Crippen LogP contribution in [0.1, 0.15) is 425 Å². The minimum Gasteiger partial charge on any atom is -0.462 e. The fraction of sp³-hybridized carbons (Fsp3) is 0.908. The molecule has 0 aromatic rings. The maximum absolute atomic E-state index is 12.9. The Labute approximate surface area is 513 Å². The molecule has 6 nitrogen and oxygen atoms in total. The fourth-order valence-corrected chi connectivity index (χ4v) is 11.6. The average Bonchev–Trinajstić information content (AvgIpc) is 3.48. The van der Waals surface area contributed by atoms with Gasteiger partial charge in [0, 0.05) is 19.3 Å². The van der Waals surface area contributed by atoms with Gasteiger partial charge < -0.3 is 14.2 Å². The number of ether oxygens (including phenoxy) is 3. The first-order valence-corrected chi connectivity index (χ1v) is 37.3. The van der Waals surface area contributed by atoms with Crippen LogP contribution in [0.15, 0.2) is 24.3 Å². The second kappa shape index (κ2) is 71.4. The SMILES string of the molecule is CCCCC/C=C\C/C=C\CCCCCCCCCCCC(=O)OC(COC(=O)CCCCCCCCCCCC)COC(=O)CCCCCCCCCCCCCCCCCCCCCCCCCCCCCCCCCCCCC. The van der Waals surface area contributed by atoms with Gasteiger partial charge in [-0.1, -0.05) is 379 Å². The molecule has 1 atom stereocenters. The summed E-state index contributed by atoms with van der Waals surface area (Å²) in [6, 6.07) is 0. The summed E-state index contributed by atoms with van der Waals surface area (Å²) in [5, 5.41) is 0. The third-order valence-electron chi connectivity index (χ3n) is 17.2. The van der Waals surface area contributed by atoms with Crippen molar-refractivity contribution in [3.63, 3.8) is 0 Å². The summed E-state index contributed by atoms with van der Waals surface area (Å²) >= 11 is 0. The zero-order valence-electron chi connectivity index (χ0n) is 55.8. The summed E-state index contributed by atoms with van der Waals surface area (Å²) in [6.07, 6.45) is 88.2. The summed E-state index contributed by atoms with van der Waals surface area (Å²) in [7, 11) is 0. The van der Waals surface area contributed by atoms with Gasteiger partial charge in [0.15, 0.2) is 6.10 Å². The molecule has 0 aromatic heterocycles. The van der Waals surface area contributed by atoms with E-state index in [-0.39, 0.29) is 31.1 Å². The molecule has 0 spiro atoms. The van der Waals surface area contributed by atoms with Crippen LogP contribution < -0.4 is 0 Å². The lowest BCUT2D eigenvalue weighted by Gasteiger charge is -2.18. The highest BCUT2D eigenvalue weighted by atomic mass is 16.6. The molecule has 0 heterocycles. The van der Waals surface area contributed by atoms with Crippen molar-refractivity contribution in [2.24, 2.45) is 0 Å². The van der Waals surface area contributed by atoms with E-state index in [9.17, 15) is 14.4 Å². The Morgan fingerprint density at radius 3 is 0.695 bits per heavy atom. The van der Waals surface area contributed by atoms with Crippen LogP contribution in [-0.2, 0) is 28.6 Å². The molecule has 0 fully saturated rings. The van der Waals surface area contributed by atoms with E-state index in [2.05, 4.69) is 45.1 Å². The van der Waals surface area contributed by atoms with Gasteiger partial charge in [0.25, 0.3) is 0 Å². The largest absolute Gasteiger partial charge is 0.462 e. The lowest BCUT2D eigenvalue weighted by atomic mass is 10.0. The maximum Gasteiger partial charge on any atom is 0.306 e. The Morgan fingerprint density at radius 1 is 0.244 bits per heavy atom. The minimum atomic E-state index is -0.770. The highest BCUT2D eigenvalue weighted by Gasteiger charge is 2.20. The Balaban J connectivity index is 4.00. The van der Waals surface area contributed by atoms with Crippen LogP contribution in [0.4, 0.5) is 0 Å². The van der Waals surface area contributed by atoms with Gasteiger partial charge in [0.05, 0.1) is 0 Å². The average molecular weight is 1150 g/mol. The molecule has 0 aliphatic carbocycles. The molecular formula is C76H144O6. The number of hydrogen-bond donors (Lipinski definition) is 0. The maximum atomic E-state index is 12.9. The molecule has 82 heavy (non-hydrogen) atoms. The third-order valence-corrected chi connectivity index (χ3v) is 17.2. The normalized spacial score (nSPS) is 12.1. The van der Waals surface area contributed by atoms with Gasteiger partial charge in [0.2, 0.25) is 0 Å². The van der Waals surface area contributed by atoms with E-state index in [0.717, 1.165) is 64.2 Å². The predicted molar refractivity (Wildman–Crippen MR) is 358 cm³/mol. The molecule has 0 rings (SSSR count). The summed E-state index contributed by atoms with van der Waals surface area (Å²) in [6.45, 7) is 6.68. The lowest BCUT2D eigenvalue weighted by molar-refractivity contribution is -0.167. The van der Waals surface area contributed by atoms with E-state index in [0.29, 0.717) is 19.3 Å². The second-order valence-electron chi connectivity index (χ2n) is 25.6. The predicted octanol–water partition coefficient (Wildman–Crippen LogP) is 25.7. The van der Waals surface area contributed by atoms with Gasteiger partial charge in [-0.2, -0.15) is 0 Å². The summed E-state index contributed by atoms with van der Waals surface area (Å²) in [5.74, 6) is -0.843. The number of hydrogen-bond acceptors (Lipinski definition) is 6. The van der Waals surface area contributed by atoms with Gasteiger partial charge in [-0.25, -0.2) is 0 Å². The zero-order chi connectivity index (χ0) is 59.2. The zero-order valence-corrected chi connectivity index (χ0v) is 55.8. The topological polar surface area (TPSA) is 78.9 Å². The molecule has 0 amide bonds. The summed E-state index contributed by atoms with van der Waals surface area (Å²) < 4.78 is 17.0. The van der Waals surface area contributed by atoms with Crippen LogP contribution in [-0.4, -0.2) is 37.2 Å². The van der Waals surface area contributed by atoms with Crippen LogP contribution in [0, 0.1) is 0 Å². The van der Waals surface area contributed by atoms with E-state index >= 15 is 0 Å². The van der Waals surface area contributed by atoms with E-state index in [1.807, 2.05) is 0 Å². The smallest absolute Gasteiger partial charge is 0.306 e. The number of esters is 3. The van der Waals surface area contributed by atoms with E-state index in [1.54, 1.807) is 0 Å². The first kappa shape index (κ1) is 79.9. The first-order chi connectivity index (χ1) is 40.5.